The smallest absolute Gasteiger partial charge is 0.137 e. The van der Waals surface area contributed by atoms with Crippen molar-refractivity contribution < 1.29 is 4.39 Å². The molecule has 1 aromatic heterocycles. The topological polar surface area (TPSA) is 0 Å². The van der Waals surface area contributed by atoms with Gasteiger partial charge in [0.25, 0.3) is 0 Å². The number of hydrogen-bond donors (Lipinski definition) is 0. The van der Waals surface area contributed by atoms with Crippen LogP contribution in [0.15, 0.2) is 10.8 Å². The van der Waals surface area contributed by atoms with Gasteiger partial charge in [-0.05, 0) is 23.6 Å². The maximum atomic E-state index is 13.4. The first kappa shape index (κ1) is 10.7. The number of rotatable bonds is 4. The molecule has 0 radical (unpaired) electrons. The van der Waals surface area contributed by atoms with Crippen LogP contribution < -0.4 is 0 Å². The van der Waals surface area contributed by atoms with Crippen molar-refractivity contribution in [3.8, 4) is 0 Å². The molecule has 0 saturated carbocycles. The molecule has 2 heteroatoms. The highest BCUT2D eigenvalue weighted by molar-refractivity contribution is 7.08. The van der Waals surface area contributed by atoms with Gasteiger partial charge < -0.3 is 0 Å². The van der Waals surface area contributed by atoms with Crippen molar-refractivity contribution in [2.75, 3.05) is 0 Å². The summed E-state index contributed by atoms with van der Waals surface area (Å²) in [7, 11) is 0. The summed E-state index contributed by atoms with van der Waals surface area (Å²) in [4.78, 5) is 0. The van der Waals surface area contributed by atoms with Gasteiger partial charge in [-0.25, -0.2) is 4.39 Å². The highest BCUT2D eigenvalue weighted by atomic mass is 32.1. The largest absolute Gasteiger partial charge is 0.206 e. The van der Waals surface area contributed by atoms with E-state index in [0.717, 1.165) is 24.8 Å². The second kappa shape index (κ2) is 4.23. The van der Waals surface area contributed by atoms with E-state index in [1.54, 1.807) is 5.38 Å². The minimum atomic E-state index is -0.0252. The summed E-state index contributed by atoms with van der Waals surface area (Å²) in [6.07, 6.45) is 3.19. The lowest BCUT2D eigenvalue weighted by molar-refractivity contribution is 0.396. The average Bonchev–Trinajstić information content (AvgIpc) is 2.52. The highest BCUT2D eigenvalue weighted by Crippen LogP contribution is 2.35. The molecule has 0 N–H and O–H groups in total. The Morgan fingerprint density at radius 3 is 2.46 bits per heavy atom. The molecule has 13 heavy (non-hydrogen) atoms. The third-order valence-electron chi connectivity index (χ3n) is 2.85. The van der Waals surface area contributed by atoms with Crippen molar-refractivity contribution in [2.24, 2.45) is 0 Å². The lowest BCUT2D eigenvalue weighted by atomic mass is 9.78. The van der Waals surface area contributed by atoms with Crippen LogP contribution in [0.5, 0.6) is 0 Å². The van der Waals surface area contributed by atoms with Gasteiger partial charge >= 0.3 is 0 Å². The Kier molecular flexibility index (Phi) is 3.48. The minimum Gasteiger partial charge on any atom is -0.206 e. The van der Waals surface area contributed by atoms with Crippen LogP contribution in [0, 0.1) is 5.82 Å². The van der Waals surface area contributed by atoms with E-state index < -0.39 is 0 Å². The van der Waals surface area contributed by atoms with E-state index in [1.165, 1.54) is 11.3 Å². The molecule has 1 rings (SSSR count). The fourth-order valence-electron chi connectivity index (χ4n) is 1.77. The molecule has 1 heterocycles. The van der Waals surface area contributed by atoms with Crippen molar-refractivity contribution in [2.45, 2.75) is 45.4 Å². The van der Waals surface area contributed by atoms with Crippen molar-refractivity contribution in [1.82, 2.24) is 0 Å². The molecule has 0 spiro atoms. The number of halogens is 1. The van der Waals surface area contributed by atoms with E-state index in [-0.39, 0.29) is 11.2 Å². The maximum Gasteiger partial charge on any atom is 0.137 e. The zero-order valence-corrected chi connectivity index (χ0v) is 9.38. The molecular weight excluding hydrogens is 183 g/mol. The fraction of sp³-hybridized carbons (Fsp3) is 0.636. The van der Waals surface area contributed by atoms with Crippen LogP contribution in [0.2, 0.25) is 0 Å². The minimum absolute atomic E-state index is 0.0252. The molecule has 74 valence electrons. The van der Waals surface area contributed by atoms with Gasteiger partial charge in [-0.3, -0.25) is 0 Å². The van der Waals surface area contributed by atoms with Crippen LogP contribution in [0.25, 0.3) is 0 Å². The summed E-state index contributed by atoms with van der Waals surface area (Å²) < 4.78 is 13.4. The van der Waals surface area contributed by atoms with Crippen LogP contribution >= 0.6 is 11.3 Å². The van der Waals surface area contributed by atoms with Crippen molar-refractivity contribution in [1.29, 1.82) is 0 Å². The molecule has 1 aromatic rings. The van der Waals surface area contributed by atoms with Gasteiger partial charge in [-0.2, -0.15) is 0 Å². The van der Waals surface area contributed by atoms with E-state index in [9.17, 15) is 4.39 Å². The summed E-state index contributed by atoms with van der Waals surface area (Å²) >= 11 is 1.46. The molecule has 0 fully saturated rings. The van der Waals surface area contributed by atoms with E-state index in [0.29, 0.717) is 0 Å². The molecule has 0 aliphatic rings. The molecule has 0 aliphatic carbocycles. The van der Waals surface area contributed by atoms with Crippen LogP contribution in [0.1, 0.15) is 45.6 Å². The van der Waals surface area contributed by atoms with Gasteiger partial charge in [-0.15, -0.1) is 11.3 Å². The molecule has 0 aromatic carbocycles. The first-order valence-corrected chi connectivity index (χ1v) is 5.80. The van der Waals surface area contributed by atoms with Gasteiger partial charge in [0.15, 0.2) is 0 Å². The number of thiophene rings is 1. The third-order valence-corrected chi connectivity index (χ3v) is 3.56. The summed E-state index contributed by atoms with van der Waals surface area (Å²) in [5.41, 5.74) is 0.945. The van der Waals surface area contributed by atoms with Gasteiger partial charge in [0.1, 0.15) is 5.82 Å². The van der Waals surface area contributed by atoms with Gasteiger partial charge in [0.05, 0.1) is 0 Å². The molecule has 1 atom stereocenters. The Balaban J connectivity index is 2.95. The van der Waals surface area contributed by atoms with Gasteiger partial charge in [0, 0.05) is 10.9 Å². The quantitative estimate of drug-likeness (QED) is 0.677. The maximum absolute atomic E-state index is 13.4. The normalized spacial score (nSPS) is 15.7. The fourth-order valence-corrected chi connectivity index (χ4v) is 2.61. The summed E-state index contributed by atoms with van der Waals surface area (Å²) in [5, 5.41) is 3.55. The second-order valence-electron chi connectivity index (χ2n) is 3.80. The van der Waals surface area contributed by atoms with Crippen LogP contribution in [0.3, 0.4) is 0 Å². The highest BCUT2D eigenvalue weighted by Gasteiger charge is 2.27. The zero-order valence-electron chi connectivity index (χ0n) is 8.56. The van der Waals surface area contributed by atoms with E-state index in [2.05, 4.69) is 20.8 Å². The van der Waals surface area contributed by atoms with Gasteiger partial charge in [0.2, 0.25) is 0 Å². The predicted molar refractivity (Wildman–Crippen MR) is 56.8 cm³/mol. The second-order valence-corrected chi connectivity index (χ2v) is 4.54. The van der Waals surface area contributed by atoms with E-state index >= 15 is 0 Å². The van der Waals surface area contributed by atoms with E-state index in [4.69, 9.17) is 0 Å². The van der Waals surface area contributed by atoms with Crippen molar-refractivity contribution in [3.63, 3.8) is 0 Å². The molecule has 0 nitrogen and oxygen atoms in total. The zero-order chi connectivity index (χ0) is 9.90. The first-order chi connectivity index (χ1) is 6.14. The first-order valence-electron chi connectivity index (χ1n) is 4.86. The SMILES string of the molecule is CCCC(C)(CC)c1cscc1F. The van der Waals surface area contributed by atoms with Gasteiger partial charge in [-0.1, -0.05) is 27.2 Å². The molecule has 0 saturated heterocycles. The van der Waals surface area contributed by atoms with Crippen LogP contribution in [-0.4, -0.2) is 0 Å². The summed E-state index contributed by atoms with van der Waals surface area (Å²) in [6.45, 7) is 6.44. The lowest BCUT2D eigenvalue weighted by Crippen LogP contribution is -2.20. The Bertz CT molecular complexity index is 267. The molecule has 1 unspecified atom stereocenters. The van der Waals surface area contributed by atoms with E-state index in [1.807, 2.05) is 5.38 Å². The molecule has 0 aliphatic heterocycles. The lowest BCUT2D eigenvalue weighted by Gasteiger charge is -2.27. The Morgan fingerprint density at radius 2 is 2.08 bits per heavy atom. The monoisotopic (exact) mass is 200 g/mol. The number of hydrogen-bond acceptors (Lipinski definition) is 1. The molecule has 0 amide bonds. The van der Waals surface area contributed by atoms with Crippen LogP contribution in [0.4, 0.5) is 4.39 Å². The average molecular weight is 200 g/mol. The standard InChI is InChI=1S/C11H17FS/c1-4-6-11(3,5-2)9-7-13-8-10(9)12/h7-8H,4-6H2,1-3H3. The predicted octanol–water partition coefficient (Wildman–Crippen LogP) is 4.36. The van der Waals surface area contributed by atoms with Crippen molar-refractivity contribution in [3.05, 3.63) is 22.1 Å². The van der Waals surface area contributed by atoms with Crippen LogP contribution in [-0.2, 0) is 5.41 Å². The molecule has 0 bridgehead atoms. The Labute approximate surface area is 83.8 Å². The third kappa shape index (κ3) is 2.11. The Hall–Kier alpha value is -0.370. The molecular formula is C11H17FS. The summed E-state index contributed by atoms with van der Waals surface area (Å²) in [5.74, 6) is -0.0252. The summed E-state index contributed by atoms with van der Waals surface area (Å²) in [6, 6.07) is 0. The van der Waals surface area contributed by atoms with Crippen molar-refractivity contribution >= 4 is 11.3 Å². The Morgan fingerprint density at radius 1 is 1.38 bits per heavy atom.